The van der Waals surface area contributed by atoms with Crippen LogP contribution < -0.4 is 0 Å². The van der Waals surface area contributed by atoms with Gasteiger partial charge in [0.1, 0.15) is 0 Å². The molecule has 0 fully saturated rings. The van der Waals surface area contributed by atoms with Crippen molar-refractivity contribution in [1.82, 2.24) is 4.98 Å². The van der Waals surface area contributed by atoms with Crippen molar-refractivity contribution >= 4 is 38.6 Å². The topological polar surface area (TPSA) is 36.7 Å². The molecule has 0 aliphatic carbocycles. The monoisotopic (exact) mass is 326 g/mol. The third-order valence-electron chi connectivity index (χ3n) is 2.47. The van der Waals surface area contributed by atoms with Crippen LogP contribution in [-0.4, -0.2) is 4.98 Å². The van der Waals surface area contributed by atoms with Gasteiger partial charge in [-0.1, -0.05) is 6.92 Å². The normalized spacial score (nSPS) is 12.3. The Morgan fingerprint density at radius 1 is 1.53 bits per heavy atom. The van der Waals surface area contributed by atoms with E-state index in [2.05, 4.69) is 38.4 Å². The lowest BCUT2D eigenvalue weighted by Crippen LogP contribution is -1.99. The van der Waals surface area contributed by atoms with E-state index in [1.54, 1.807) is 22.7 Å². The Morgan fingerprint density at radius 2 is 2.35 bits per heavy atom. The summed E-state index contributed by atoms with van der Waals surface area (Å²) >= 11 is 6.77. The van der Waals surface area contributed by atoms with Crippen molar-refractivity contribution in [3.8, 4) is 16.6 Å². The fraction of sp³-hybridized carbons (Fsp3) is 0.333. The van der Waals surface area contributed by atoms with Gasteiger partial charge < -0.3 is 0 Å². The Balaban J connectivity index is 2.14. The average Bonchev–Trinajstić information content (AvgIpc) is 2.94. The molecule has 5 heteroatoms. The van der Waals surface area contributed by atoms with Crippen molar-refractivity contribution in [3.05, 3.63) is 26.3 Å². The molecule has 0 saturated heterocycles. The van der Waals surface area contributed by atoms with Gasteiger partial charge in [0.2, 0.25) is 0 Å². The number of aromatic nitrogens is 1. The van der Waals surface area contributed by atoms with E-state index < -0.39 is 0 Å². The highest BCUT2D eigenvalue weighted by Gasteiger charge is 2.11. The van der Waals surface area contributed by atoms with E-state index in [0.717, 1.165) is 27.3 Å². The summed E-state index contributed by atoms with van der Waals surface area (Å²) in [6.45, 7) is 2.04. The first-order valence-electron chi connectivity index (χ1n) is 5.32. The van der Waals surface area contributed by atoms with Crippen LogP contribution in [0.1, 0.15) is 18.4 Å². The van der Waals surface area contributed by atoms with Gasteiger partial charge in [0.25, 0.3) is 0 Å². The van der Waals surface area contributed by atoms with E-state index in [9.17, 15) is 0 Å². The van der Waals surface area contributed by atoms with Crippen LogP contribution in [-0.2, 0) is 6.42 Å². The van der Waals surface area contributed by atoms with Crippen molar-refractivity contribution in [1.29, 1.82) is 5.26 Å². The van der Waals surface area contributed by atoms with Gasteiger partial charge >= 0.3 is 0 Å². The maximum Gasteiger partial charge on any atom is 0.0946 e. The highest BCUT2D eigenvalue weighted by atomic mass is 79.9. The number of hydrogen-bond acceptors (Lipinski definition) is 4. The fourth-order valence-corrected chi connectivity index (χ4v) is 3.76. The summed E-state index contributed by atoms with van der Waals surface area (Å²) in [4.78, 5) is 5.76. The minimum Gasteiger partial charge on any atom is -0.240 e. The molecule has 0 aromatic carbocycles. The molecule has 2 rings (SSSR count). The molecule has 2 aromatic heterocycles. The molecule has 1 unspecified atom stereocenters. The average molecular weight is 327 g/mol. The summed E-state index contributed by atoms with van der Waals surface area (Å²) < 4.78 is 1.12. The lowest BCUT2D eigenvalue weighted by atomic mass is 10.1. The molecule has 0 spiro atoms. The molecule has 0 N–H and O–H groups in total. The number of rotatable bonds is 4. The summed E-state index contributed by atoms with van der Waals surface area (Å²) in [5.41, 5.74) is 1.02. The molecule has 88 valence electrons. The van der Waals surface area contributed by atoms with Crippen LogP contribution in [0.4, 0.5) is 0 Å². The van der Waals surface area contributed by atoms with Crippen molar-refractivity contribution in [2.75, 3.05) is 0 Å². The molecule has 0 amide bonds. The Kier molecular flexibility index (Phi) is 4.32. The second-order valence-electron chi connectivity index (χ2n) is 3.67. The van der Waals surface area contributed by atoms with Crippen molar-refractivity contribution in [2.45, 2.75) is 19.8 Å². The van der Waals surface area contributed by atoms with Crippen LogP contribution in [0.3, 0.4) is 0 Å². The minimum atomic E-state index is 0.0871. The molecule has 0 aliphatic heterocycles. The van der Waals surface area contributed by atoms with Gasteiger partial charge in [-0.2, -0.15) is 5.26 Å². The highest BCUT2D eigenvalue weighted by molar-refractivity contribution is 9.11. The van der Waals surface area contributed by atoms with E-state index in [1.807, 2.05) is 13.0 Å². The van der Waals surface area contributed by atoms with E-state index in [-0.39, 0.29) is 5.92 Å². The van der Waals surface area contributed by atoms with Crippen LogP contribution in [0.2, 0.25) is 0 Å². The third kappa shape index (κ3) is 3.15. The lowest BCUT2D eigenvalue weighted by Gasteiger charge is -2.00. The van der Waals surface area contributed by atoms with E-state index >= 15 is 0 Å². The first kappa shape index (κ1) is 12.7. The Labute approximate surface area is 117 Å². The summed E-state index contributed by atoms with van der Waals surface area (Å²) in [6, 6.07) is 6.41. The molecule has 0 bridgehead atoms. The molecule has 2 nitrogen and oxygen atoms in total. The predicted octanol–water partition coefficient (Wildman–Crippen LogP) is 4.73. The fourth-order valence-electron chi connectivity index (χ4n) is 1.46. The molecule has 0 saturated carbocycles. The highest BCUT2D eigenvalue weighted by Crippen LogP contribution is 2.32. The number of halogens is 1. The molecule has 0 radical (unpaired) electrons. The molecular formula is C12H11BrN2S2. The number of nitriles is 1. The van der Waals surface area contributed by atoms with Crippen LogP contribution in [0.25, 0.3) is 10.6 Å². The molecular weight excluding hydrogens is 316 g/mol. The molecule has 17 heavy (non-hydrogen) atoms. The third-order valence-corrected chi connectivity index (χ3v) is 4.99. The van der Waals surface area contributed by atoms with Crippen LogP contribution in [0, 0.1) is 17.2 Å². The van der Waals surface area contributed by atoms with Gasteiger partial charge in [-0.3, -0.25) is 0 Å². The number of hydrogen-bond donors (Lipinski definition) is 0. The van der Waals surface area contributed by atoms with Crippen LogP contribution in [0.5, 0.6) is 0 Å². The second kappa shape index (κ2) is 5.76. The summed E-state index contributed by atoms with van der Waals surface area (Å²) in [5.74, 6) is 0.0871. The molecule has 2 aromatic rings. The Morgan fingerprint density at radius 3 is 2.94 bits per heavy atom. The van der Waals surface area contributed by atoms with Gasteiger partial charge in [-0.25, -0.2) is 4.98 Å². The van der Waals surface area contributed by atoms with E-state index in [0.29, 0.717) is 0 Å². The zero-order chi connectivity index (χ0) is 12.3. The van der Waals surface area contributed by atoms with Crippen molar-refractivity contribution < 1.29 is 0 Å². The van der Waals surface area contributed by atoms with Crippen LogP contribution >= 0.6 is 38.6 Å². The Bertz CT molecular complexity index is 539. The maximum absolute atomic E-state index is 8.94. The quantitative estimate of drug-likeness (QED) is 0.814. The molecule has 0 aliphatic rings. The van der Waals surface area contributed by atoms with Crippen molar-refractivity contribution in [3.63, 3.8) is 0 Å². The zero-order valence-electron chi connectivity index (χ0n) is 9.31. The van der Waals surface area contributed by atoms with Gasteiger partial charge in [0.05, 0.1) is 31.4 Å². The van der Waals surface area contributed by atoms with Gasteiger partial charge in [-0.15, -0.1) is 22.7 Å². The predicted molar refractivity (Wildman–Crippen MR) is 76.2 cm³/mol. The smallest absolute Gasteiger partial charge is 0.0946 e. The second-order valence-corrected chi connectivity index (χ2v) is 7.07. The number of nitrogens with zero attached hydrogens (tertiary/aromatic N) is 2. The van der Waals surface area contributed by atoms with Crippen molar-refractivity contribution in [2.24, 2.45) is 5.92 Å². The number of thiophene rings is 1. The van der Waals surface area contributed by atoms with Gasteiger partial charge in [0, 0.05) is 11.8 Å². The first-order chi connectivity index (χ1) is 8.22. The van der Waals surface area contributed by atoms with Gasteiger partial charge in [0.15, 0.2) is 0 Å². The lowest BCUT2D eigenvalue weighted by molar-refractivity contribution is 0.636. The van der Waals surface area contributed by atoms with Gasteiger partial charge in [-0.05, 0) is 34.5 Å². The summed E-state index contributed by atoms with van der Waals surface area (Å²) in [7, 11) is 0. The Hall–Kier alpha value is -0.700. The first-order valence-corrected chi connectivity index (χ1v) is 7.81. The zero-order valence-corrected chi connectivity index (χ0v) is 12.5. The summed E-state index contributed by atoms with van der Waals surface area (Å²) in [6.07, 6.45) is 1.65. The minimum absolute atomic E-state index is 0.0871. The maximum atomic E-state index is 8.94. The summed E-state index contributed by atoms with van der Waals surface area (Å²) in [5, 5.41) is 12.1. The standard InChI is InChI=1S/C12H11BrN2S2/c1-2-8(6-14)5-12-15-9(7-16-12)10-3-4-11(13)17-10/h3-4,7-8H,2,5H2,1H3. The number of thiazole rings is 1. The molecule has 1 atom stereocenters. The largest absolute Gasteiger partial charge is 0.240 e. The van der Waals surface area contributed by atoms with E-state index in [1.165, 1.54) is 4.88 Å². The SMILES string of the molecule is CCC(C#N)Cc1nc(-c2ccc(Br)s2)cs1. The van der Waals surface area contributed by atoms with E-state index in [4.69, 9.17) is 5.26 Å². The van der Waals surface area contributed by atoms with Crippen LogP contribution in [0.15, 0.2) is 21.3 Å². The molecule has 2 heterocycles.